The largest absolute Gasteiger partial charge is 1.00 e. The minimum atomic E-state index is -0.660. The summed E-state index contributed by atoms with van der Waals surface area (Å²) in [6.07, 6.45) is 1.75. The van der Waals surface area contributed by atoms with Crippen molar-refractivity contribution in [1.29, 1.82) is 0 Å². The third-order valence-electron chi connectivity index (χ3n) is 27.0. The summed E-state index contributed by atoms with van der Waals surface area (Å²) in [6.45, 7) is 13.7. The predicted octanol–water partition coefficient (Wildman–Crippen LogP) is 29.5. The van der Waals surface area contributed by atoms with Gasteiger partial charge in [-0.05, 0) is 271 Å². The Balaban J connectivity index is 0.000000139. The van der Waals surface area contributed by atoms with Crippen molar-refractivity contribution >= 4 is 121 Å². The Labute approximate surface area is 786 Å². The van der Waals surface area contributed by atoms with Gasteiger partial charge in [0, 0.05) is 62.1 Å². The molecule has 3 heterocycles. The second kappa shape index (κ2) is 33.6. The molecule has 7 nitrogen and oxygen atoms in total. The van der Waals surface area contributed by atoms with Crippen LogP contribution in [-0.2, 0) is 16.2 Å². The summed E-state index contributed by atoms with van der Waals surface area (Å²) in [5, 5.41) is 24.3. The van der Waals surface area contributed by atoms with Crippen LogP contribution in [0.2, 0.25) is 0 Å². The number of H-pyrrole nitrogens is 1. The van der Waals surface area contributed by atoms with Crippen LogP contribution in [0.1, 0.15) is 74.9 Å². The summed E-state index contributed by atoms with van der Waals surface area (Å²) in [5.74, 6) is 0.977. The number of para-hydroxylation sites is 7. The first-order valence-corrected chi connectivity index (χ1v) is 45.6. The number of benzene rings is 20. The molecule has 2 aliphatic carbocycles. The van der Waals surface area contributed by atoms with Gasteiger partial charge in [0.25, 0.3) is 0 Å². The molecule has 1 spiro atoms. The zero-order valence-corrected chi connectivity index (χ0v) is 75.3. The van der Waals surface area contributed by atoms with Gasteiger partial charge in [-0.25, -0.2) is 9.97 Å². The summed E-state index contributed by atoms with van der Waals surface area (Å²) >= 11 is 0. The fraction of sp³-hybridized carbons (Fsp3) is 0.0720. The minimum absolute atomic E-state index is 0. The van der Waals surface area contributed by atoms with Crippen molar-refractivity contribution < 1.29 is 33.4 Å². The predicted molar refractivity (Wildman–Crippen MR) is 550 cm³/mol. The van der Waals surface area contributed by atoms with Gasteiger partial charge in [0.1, 0.15) is 17.0 Å². The number of aromatic nitrogens is 3. The van der Waals surface area contributed by atoms with Crippen molar-refractivity contribution in [3.05, 3.63) is 482 Å². The van der Waals surface area contributed by atoms with Crippen LogP contribution < -0.4 is 38.8 Å². The minimum Gasteiger partial charge on any atom is -0.868 e. The van der Waals surface area contributed by atoms with Crippen molar-refractivity contribution in [3.8, 4) is 78.5 Å². The van der Waals surface area contributed by atoms with Crippen LogP contribution >= 0.6 is 0 Å². The maximum absolute atomic E-state index is 11.1. The zero-order valence-electron chi connectivity index (χ0n) is 75.3. The number of furan rings is 1. The van der Waals surface area contributed by atoms with E-state index in [4.69, 9.17) is 9.40 Å². The van der Waals surface area contributed by atoms with E-state index >= 15 is 0 Å². The fourth-order valence-electron chi connectivity index (χ4n) is 20.7. The topological polar surface area (TPSA) is 74.6 Å². The SMILES string of the molecule is CC(C)(C)c1ccc(N(c2ccccc2)c2ccc3c(c2)C2(c4ccccc4-c4ccccc42)c2cc(N(c4ccccc4)c4ccc(C(C)(C)C)cc4)c4c(oc5ccccc54)c2-3)cc1.[Li+].[O-]c1cccc2ccc[nH+]c12.c1ccc(-n2c(-c3ccc(-c4ccc5c(-c6ccc7ccccc7c6)c6ccccc6c(-c6ccc7ccccc7c6)c5c4)cc3)nc3ccccc32)cc1. The van der Waals surface area contributed by atoms with E-state index < -0.39 is 5.41 Å². The van der Waals surface area contributed by atoms with Gasteiger partial charge in [-0.15, -0.1) is 0 Å². The third kappa shape index (κ3) is 14.4. The molecule has 8 heteroatoms. The molecule has 0 saturated heterocycles. The van der Waals surface area contributed by atoms with Gasteiger partial charge in [0.2, 0.25) is 5.52 Å². The maximum Gasteiger partial charge on any atom is 1.00 e. The Kier molecular flexibility index (Phi) is 20.9. The summed E-state index contributed by atoms with van der Waals surface area (Å²) in [6, 6.07) is 160. The Morgan fingerprint density at radius 2 is 0.797 bits per heavy atom. The molecule has 630 valence electrons. The number of hydrogen-bond acceptors (Lipinski definition) is 5. The fourth-order valence-corrected chi connectivity index (χ4v) is 20.7. The van der Waals surface area contributed by atoms with E-state index in [1.54, 1.807) is 18.3 Å². The number of hydrogen-bond donors (Lipinski definition) is 0. The van der Waals surface area contributed by atoms with Crippen LogP contribution in [0.5, 0.6) is 5.75 Å². The maximum atomic E-state index is 11.1. The summed E-state index contributed by atoms with van der Waals surface area (Å²) < 4.78 is 9.53. The molecule has 0 radical (unpaired) electrons. The number of nitrogens with one attached hydrogen (secondary N) is 1. The van der Waals surface area contributed by atoms with Crippen LogP contribution in [-0.4, -0.2) is 9.55 Å². The van der Waals surface area contributed by atoms with E-state index in [0.29, 0.717) is 5.52 Å². The van der Waals surface area contributed by atoms with Crippen molar-refractivity contribution in [3.63, 3.8) is 0 Å². The average Bonchev–Trinajstić information content (AvgIpc) is 1.49. The van der Waals surface area contributed by atoms with Crippen LogP contribution in [0.3, 0.4) is 0 Å². The van der Waals surface area contributed by atoms with Crippen LogP contribution in [0.4, 0.5) is 34.1 Å². The molecule has 0 unspecified atom stereocenters. The number of nitrogens with zero attached hydrogens (tertiary/aromatic N) is 4. The molecule has 0 aliphatic heterocycles. The smallest absolute Gasteiger partial charge is 0.868 e. The van der Waals surface area contributed by atoms with Crippen LogP contribution in [0.25, 0.3) is 160 Å². The van der Waals surface area contributed by atoms with Crippen molar-refractivity contribution in [2.45, 2.75) is 57.8 Å². The molecule has 20 aromatic carbocycles. The zero-order chi connectivity index (χ0) is 88.9. The molecule has 0 amide bonds. The van der Waals surface area contributed by atoms with Crippen LogP contribution in [0, 0.1) is 0 Å². The second-order valence-electron chi connectivity index (χ2n) is 36.9. The number of aromatic amines is 1. The van der Waals surface area contributed by atoms with Crippen molar-refractivity contribution in [2.75, 3.05) is 9.80 Å². The molecular formula is C125H93LiN5O2+. The van der Waals surface area contributed by atoms with E-state index in [1.807, 2.05) is 18.2 Å². The molecule has 2 aliphatic rings. The molecular weight excluding hydrogens is 1610 g/mol. The van der Waals surface area contributed by atoms with Crippen molar-refractivity contribution in [1.82, 2.24) is 9.55 Å². The quantitative estimate of drug-likeness (QED) is 0.0953. The average molecular weight is 1700 g/mol. The van der Waals surface area contributed by atoms with Gasteiger partial charge in [-0.3, -0.25) is 4.57 Å². The second-order valence-corrected chi connectivity index (χ2v) is 36.9. The molecule has 0 fully saturated rings. The van der Waals surface area contributed by atoms with Crippen molar-refractivity contribution in [2.24, 2.45) is 0 Å². The molecule has 1 N–H and O–H groups in total. The van der Waals surface area contributed by atoms with Gasteiger partial charge in [-0.1, -0.05) is 351 Å². The van der Waals surface area contributed by atoms with Gasteiger partial charge in [0.15, 0.2) is 6.20 Å². The first-order valence-electron chi connectivity index (χ1n) is 45.6. The van der Waals surface area contributed by atoms with Crippen LogP contribution in [0.15, 0.2) is 453 Å². The Hall–Kier alpha value is -15.9. The van der Waals surface area contributed by atoms with E-state index in [-0.39, 0.29) is 35.4 Å². The van der Waals surface area contributed by atoms with Gasteiger partial charge >= 0.3 is 18.9 Å². The number of imidazole rings is 1. The molecule has 25 rings (SSSR count). The molecule has 0 bridgehead atoms. The summed E-state index contributed by atoms with van der Waals surface area (Å²) in [5.41, 5.74) is 32.5. The molecule has 23 aromatic rings. The standard InChI is InChI=1S/C63H52N2O.C53H34N2.C9H7NO.Li/c1-61(2,3)41-29-33-45(34-30-41)64(43-19-9-7-10-20-43)47-37-38-50-54(39-47)63(52-26-16-13-23-48(52)49-24-14-17-27-53(49)63)55-40-56(59-51-25-15-18-28-57(51)66-60(59)58(50)55)65(44-21-11-8-12-22-44)46-35-31-42(32-36-46)62(4,5)6;1-2-16-44(17-3-1)55-50-21-11-10-20-49(50)54-53(55)38-26-22-37(23-27-38)41-30-31-47-48(34-41)52(43-29-25-36-13-5-7-15-40(36)33-43)46-19-9-8-18-45(46)51(47)42-28-24-35-12-4-6-14-39(35)32-42;11-8-5-1-3-7-4-2-6-10-9(7)8;/h7-40H,1-6H3;1-34H;1-6,11H;/q;;;+1. The van der Waals surface area contributed by atoms with E-state index in [9.17, 15) is 5.11 Å². The molecule has 0 saturated carbocycles. The molecule has 3 aromatic heterocycles. The third-order valence-corrected chi connectivity index (χ3v) is 27.0. The van der Waals surface area contributed by atoms with Gasteiger partial charge < -0.3 is 19.3 Å². The Morgan fingerprint density at radius 3 is 1.41 bits per heavy atom. The number of anilines is 6. The number of pyridine rings is 1. The Morgan fingerprint density at radius 1 is 0.323 bits per heavy atom. The van der Waals surface area contributed by atoms with Gasteiger partial charge in [0.05, 0.1) is 27.5 Å². The number of rotatable bonds is 11. The number of fused-ring (bicyclic) bond motifs is 20. The Bertz CT molecular complexity index is 8370. The monoisotopic (exact) mass is 1700 g/mol. The summed E-state index contributed by atoms with van der Waals surface area (Å²) in [4.78, 5) is 12.9. The summed E-state index contributed by atoms with van der Waals surface area (Å²) in [7, 11) is 0. The first kappa shape index (κ1) is 82.8. The normalized spacial score (nSPS) is 12.3. The van der Waals surface area contributed by atoms with Gasteiger partial charge in [-0.2, -0.15) is 0 Å². The molecule has 133 heavy (non-hydrogen) atoms. The van der Waals surface area contributed by atoms with E-state index in [2.05, 4.69) is 473 Å². The molecule has 0 atom stereocenters. The van der Waals surface area contributed by atoms with E-state index in [1.165, 1.54) is 121 Å². The first-order chi connectivity index (χ1) is 64.7. The van der Waals surface area contributed by atoms with E-state index in [0.717, 1.165) is 101 Å².